The van der Waals surface area contributed by atoms with Crippen LogP contribution in [0.25, 0.3) is 0 Å². The van der Waals surface area contributed by atoms with Crippen LogP contribution < -0.4 is 5.32 Å². The van der Waals surface area contributed by atoms with Gasteiger partial charge in [0.05, 0.1) is 6.54 Å². The number of fused-ring (bicyclic) bond motifs is 1. The number of nitrogens with one attached hydrogen (secondary N) is 1. The van der Waals surface area contributed by atoms with Crippen LogP contribution in [0, 0.1) is 0 Å². The van der Waals surface area contributed by atoms with Crippen LogP contribution in [0.4, 0.5) is 23.7 Å². The molecule has 0 aromatic heterocycles. The lowest BCUT2D eigenvalue weighted by molar-refractivity contribution is -0.286. The number of alkyl halides is 3. The second-order valence-electron chi connectivity index (χ2n) is 5.15. The molecule has 2 rings (SSSR count). The minimum Gasteiger partial charge on any atom is -0.359 e. The number of anilines is 1. The van der Waals surface area contributed by atoms with Gasteiger partial charge in [-0.25, -0.2) is 4.79 Å². The molecule has 1 aromatic rings. The molecule has 8 heteroatoms. The minimum absolute atomic E-state index is 0.0483. The molecule has 1 atom stereocenters. The van der Waals surface area contributed by atoms with Gasteiger partial charge in [0.25, 0.3) is 0 Å². The molecule has 1 unspecified atom stereocenters. The molecule has 1 heterocycles. The molecule has 1 N–H and O–H groups in total. The molecule has 2 amide bonds. The van der Waals surface area contributed by atoms with Crippen molar-refractivity contribution in [3.05, 3.63) is 28.8 Å². The molecule has 0 radical (unpaired) electrons. The highest BCUT2D eigenvalue weighted by Gasteiger charge is 2.60. The zero-order chi connectivity index (χ0) is 20.5. The molecule has 0 saturated carbocycles. The number of likely N-dealkylation sites (N-methyl/N-ethyl adjacent to an activating group) is 1. The van der Waals surface area contributed by atoms with Crippen LogP contribution >= 0.6 is 11.6 Å². The molecule has 26 heavy (non-hydrogen) atoms. The summed E-state index contributed by atoms with van der Waals surface area (Å²) in [5.41, 5.74) is -2.75. The molecule has 0 aliphatic carbocycles. The van der Waals surface area contributed by atoms with Crippen molar-refractivity contribution in [2.24, 2.45) is 0 Å². The molecule has 1 aliphatic rings. The maximum Gasteiger partial charge on any atom is 0.423 e. The third-order valence-corrected chi connectivity index (χ3v) is 3.71. The van der Waals surface area contributed by atoms with E-state index in [1.54, 1.807) is 6.92 Å². The van der Waals surface area contributed by atoms with Gasteiger partial charge < -0.3 is 15.0 Å². The monoisotopic (exact) mass is 396 g/mol. The van der Waals surface area contributed by atoms with Gasteiger partial charge in [0.2, 0.25) is 5.60 Å². The Hall–Kier alpha value is -1.47. The van der Waals surface area contributed by atoms with Crippen LogP contribution in [0.5, 0.6) is 0 Å². The van der Waals surface area contributed by atoms with E-state index in [4.69, 9.17) is 16.3 Å². The maximum absolute atomic E-state index is 13.9. The van der Waals surface area contributed by atoms with Crippen molar-refractivity contribution in [3.63, 3.8) is 0 Å². The number of nitrogens with zero attached hydrogens (tertiary/aromatic N) is 1. The van der Waals surface area contributed by atoms with Crippen LogP contribution in [-0.4, -0.2) is 37.3 Å². The SMILES string of the molecule is CC.CC.CCCOC1(C(F)(F)F)CN(C)C(=O)Nc2ccc(Cl)cc21. The number of urea groups is 1. The molecule has 150 valence electrons. The Morgan fingerprint density at radius 2 is 1.85 bits per heavy atom. The average molecular weight is 397 g/mol. The number of ether oxygens (including phenoxy) is 1. The Labute approximate surface area is 158 Å². The van der Waals surface area contributed by atoms with E-state index in [2.05, 4.69) is 5.32 Å². The van der Waals surface area contributed by atoms with Crippen molar-refractivity contribution in [1.82, 2.24) is 4.90 Å². The highest BCUT2D eigenvalue weighted by atomic mass is 35.5. The summed E-state index contributed by atoms with van der Waals surface area (Å²) in [6, 6.07) is 3.34. The second-order valence-corrected chi connectivity index (χ2v) is 5.59. The van der Waals surface area contributed by atoms with Crippen LogP contribution in [-0.2, 0) is 10.3 Å². The van der Waals surface area contributed by atoms with Crippen molar-refractivity contribution >= 4 is 23.3 Å². The smallest absolute Gasteiger partial charge is 0.359 e. The van der Waals surface area contributed by atoms with Gasteiger partial charge in [-0.05, 0) is 24.6 Å². The first kappa shape index (κ1) is 24.5. The molecular weight excluding hydrogens is 369 g/mol. The van der Waals surface area contributed by atoms with E-state index in [-0.39, 0.29) is 22.9 Å². The minimum atomic E-state index is -4.71. The summed E-state index contributed by atoms with van der Waals surface area (Å²) in [6.45, 7) is 8.98. The normalized spacial score (nSPS) is 19.2. The van der Waals surface area contributed by atoms with Crippen molar-refractivity contribution in [2.75, 3.05) is 25.5 Å². The number of hydrogen-bond donors (Lipinski definition) is 1. The van der Waals surface area contributed by atoms with Gasteiger partial charge in [0.15, 0.2) is 0 Å². The number of carbonyl (C=O) groups excluding carboxylic acids is 1. The number of amides is 2. The Balaban J connectivity index is 0.00000146. The number of rotatable bonds is 3. The van der Waals surface area contributed by atoms with E-state index in [1.807, 2.05) is 27.7 Å². The van der Waals surface area contributed by atoms with E-state index in [0.29, 0.717) is 6.42 Å². The zero-order valence-electron chi connectivity index (χ0n) is 16.1. The molecule has 1 aliphatic heterocycles. The fourth-order valence-corrected chi connectivity index (χ4v) is 2.56. The first-order valence-corrected chi connectivity index (χ1v) is 9.12. The van der Waals surface area contributed by atoms with E-state index < -0.39 is 24.4 Å². The van der Waals surface area contributed by atoms with Crippen LogP contribution in [0.1, 0.15) is 46.6 Å². The van der Waals surface area contributed by atoms with Gasteiger partial charge in [0.1, 0.15) is 0 Å². The summed E-state index contributed by atoms with van der Waals surface area (Å²) >= 11 is 5.86. The lowest BCUT2D eigenvalue weighted by Crippen LogP contribution is -2.52. The summed E-state index contributed by atoms with van der Waals surface area (Å²) < 4.78 is 46.9. The Morgan fingerprint density at radius 1 is 1.27 bits per heavy atom. The van der Waals surface area contributed by atoms with Crippen molar-refractivity contribution < 1.29 is 22.7 Å². The maximum atomic E-state index is 13.9. The predicted molar refractivity (Wildman–Crippen MR) is 99.8 cm³/mol. The van der Waals surface area contributed by atoms with E-state index in [0.717, 1.165) is 4.90 Å². The van der Waals surface area contributed by atoms with Gasteiger partial charge in [0, 0.05) is 29.9 Å². The summed E-state index contributed by atoms with van der Waals surface area (Å²) in [7, 11) is 1.29. The summed E-state index contributed by atoms with van der Waals surface area (Å²) in [5, 5.41) is 2.60. The van der Waals surface area contributed by atoms with E-state index >= 15 is 0 Å². The molecule has 1 aromatic carbocycles. The van der Waals surface area contributed by atoms with Crippen LogP contribution in [0.15, 0.2) is 18.2 Å². The third kappa shape index (κ3) is 5.27. The largest absolute Gasteiger partial charge is 0.423 e. The molecule has 0 spiro atoms. The van der Waals surface area contributed by atoms with Gasteiger partial charge >= 0.3 is 12.2 Å². The summed E-state index contributed by atoms with van der Waals surface area (Å²) in [5.74, 6) is 0. The van der Waals surface area contributed by atoms with Gasteiger partial charge in [-0.1, -0.05) is 46.2 Å². The quantitative estimate of drug-likeness (QED) is 0.675. The number of carbonyl (C=O) groups is 1. The first-order valence-electron chi connectivity index (χ1n) is 8.74. The standard InChI is InChI=1S/C14H16ClF3N2O2.2C2H6/c1-3-6-22-13(14(16,17)18)8-20(2)12(21)19-11-5-4-9(15)7-10(11)13;2*1-2/h4-5,7H,3,6,8H2,1-2H3,(H,19,21);2*1-2H3. The number of halogens is 4. The molecule has 4 nitrogen and oxygen atoms in total. The van der Waals surface area contributed by atoms with Gasteiger partial charge in [-0.15, -0.1) is 0 Å². The Morgan fingerprint density at radius 3 is 2.35 bits per heavy atom. The van der Waals surface area contributed by atoms with Crippen molar-refractivity contribution in [2.45, 2.75) is 52.8 Å². The molecule has 0 bridgehead atoms. The Bertz CT molecular complexity index is 582. The summed E-state index contributed by atoms with van der Waals surface area (Å²) in [4.78, 5) is 12.9. The number of benzene rings is 1. The van der Waals surface area contributed by atoms with E-state index in [9.17, 15) is 18.0 Å². The van der Waals surface area contributed by atoms with E-state index in [1.165, 1.54) is 25.2 Å². The second kappa shape index (κ2) is 10.6. The lowest BCUT2D eigenvalue weighted by Gasteiger charge is -2.37. The topological polar surface area (TPSA) is 41.6 Å². The van der Waals surface area contributed by atoms with Crippen LogP contribution in [0.2, 0.25) is 5.02 Å². The Kier molecular flexibility index (Phi) is 10.0. The fourth-order valence-electron chi connectivity index (χ4n) is 2.39. The van der Waals surface area contributed by atoms with Crippen LogP contribution in [0.3, 0.4) is 0 Å². The highest BCUT2D eigenvalue weighted by molar-refractivity contribution is 6.30. The van der Waals surface area contributed by atoms with Gasteiger partial charge in [-0.2, -0.15) is 13.2 Å². The average Bonchev–Trinajstić information content (AvgIpc) is 2.72. The molecular formula is C18H28ClF3N2O2. The fraction of sp³-hybridized carbons (Fsp3) is 0.611. The van der Waals surface area contributed by atoms with Gasteiger partial charge in [-0.3, -0.25) is 0 Å². The van der Waals surface area contributed by atoms with Crippen molar-refractivity contribution in [3.8, 4) is 0 Å². The molecule has 0 saturated heterocycles. The predicted octanol–water partition coefficient (Wildman–Crippen LogP) is 6.05. The third-order valence-electron chi connectivity index (χ3n) is 3.48. The van der Waals surface area contributed by atoms with Crippen molar-refractivity contribution in [1.29, 1.82) is 0 Å². The zero-order valence-corrected chi connectivity index (χ0v) is 16.9. The molecule has 0 fully saturated rings. The highest BCUT2D eigenvalue weighted by Crippen LogP contribution is 2.47. The summed E-state index contributed by atoms with van der Waals surface area (Å²) in [6.07, 6.45) is -4.29. The lowest BCUT2D eigenvalue weighted by atomic mass is 9.91. The number of hydrogen-bond acceptors (Lipinski definition) is 2. The first-order chi connectivity index (χ1) is 12.2.